The lowest BCUT2D eigenvalue weighted by Crippen LogP contribution is -2.08. The molecule has 1 heteroatoms. The van der Waals surface area contributed by atoms with Crippen LogP contribution in [0.3, 0.4) is 0 Å². The van der Waals surface area contributed by atoms with Crippen LogP contribution in [0.2, 0.25) is 0 Å². The highest BCUT2D eigenvalue weighted by atomic mass is 14.6. The summed E-state index contributed by atoms with van der Waals surface area (Å²) in [6, 6.07) is 0. The van der Waals surface area contributed by atoms with E-state index in [4.69, 9.17) is 5.73 Å². The van der Waals surface area contributed by atoms with E-state index in [1.54, 1.807) is 6.08 Å². The average molecular weight is 193 g/mol. The summed E-state index contributed by atoms with van der Waals surface area (Å²) in [5.74, 6) is 0.496. The monoisotopic (exact) mass is 193 g/mol. The minimum absolute atomic E-state index is 0.496. The van der Waals surface area contributed by atoms with Crippen molar-refractivity contribution in [3.05, 3.63) is 36.6 Å². The van der Waals surface area contributed by atoms with Crippen molar-refractivity contribution in [3.8, 4) is 0 Å². The quantitative estimate of drug-likeness (QED) is 0.483. The highest BCUT2D eigenvalue weighted by Gasteiger charge is 2.02. The average Bonchev–Trinajstić information content (AvgIpc) is 2.18. The van der Waals surface area contributed by atoms with E-state index in [0.717, 1.165) is 5.70 Å². The van der Waals surface area contributed by atoms with Gasteiger partial charge in [-0.3, -0.25) is 0 Å². The number of allylic oxidation sites excluding steroid dienone is 5. The molecule has 0 rings (SSSR count). The molecule has 0 bridgehead atoms. The van der Waals surface area contributed by atoms with Crippen molar-refractivity contribution >= 4 is 0 Å². The van der Waals surface area contributed by atoms with Gasteiger partial charge in [-0.25, -0.2) is 0 Å². The number of nitrogens with two attached hydrogens (primary N) is 1. The third-order valence-electron chi connectivity index (χ3n) is 2.35. The summed E-state index contributed by atoms with van der Waals surface area (Å²) in [6.07, 6.45) is 12.6. The maximum absolute atomic E-state index is 5.92. The molecular formula is C13H23N. The summed E-state index contributed by atoms with van der Waals surface area (Å²) in [4.78, 5) is 0. The van der Waals surface area contributed by atoms with Crippen molar-refractivity contribution in [2.45, 2.75) is 39.5 Å². The Kier molecular flexibility index (Phi) is 8.01. The first-order valence-corrected chi connectivity index (χ1v) is 5.47. The fourth-order valence-electron chi connectivity index (χ4n) is 1.28. The van der Waals surface area contributed by atoms with Crippen molar-refractivity contribution in [3.63, 3.8) is 0 Å². The van der Waals surface area contributed by atoms with Crippen LogP contribution in [-0.2, 0) is 0 Å². The zero-order chi connectivity index (χ0) is 10.8. The summed E-state index contributed by atoms with van der Waals surface area (Å²) in [5.41, 5.74) is 6.89. The Morgan fingerprint density at radius 3 is 2.64 bits per heavy atom. The number of rotatable bonds is 7. The first-order chi connectivity index (χ1) is 6.72. The fraction of sp³-hybridized carbons (Fsp3) is 0.538. The van der Waals surface area contributed by atoms with E-state index in [-0.39, 0.29) is 0 Å². The second-order valence-electron chi connectivity index (χ2n) is 3.68. The second-order valence-corrected chi connectivity index (χ2v) is 3.68. The van der Waals surface area contributed by atoms with E-state index in [1.165, 1.54) is 25.7 Å². The predicted octanol–water partition coefficient (Wildman–Crippen LogP) is 3.79. The van der Waals surface area contributed by atoms with E-state index < -0.39 is 0 Å². The molecule has 1 nitrogen and oxygen atoms in total. The lowest BCUT2D eigenvalue weighted by molar-refractivity contribution is 0.550. The minimum Gasteiger partial charge on any atom is -0.402 e. The molecule has 1 atom stereocenters. The van der Waals surface area contributed by atoms with Gasteiger partial charge in [-0.1, -0.05) is 57.9 Å². The fourth-order valence-corrected chi connectivity index (χ4v) is 1.28. The summed E-state index contributed by atoms with van der Waals surface area (Å²) in [5, 5.41) is 0. The van der Waals surface area contributed by atoms with Gasteiger partial charge >= 0.3 is 0 Å². The van der Waals surface area contributed by atoms with Crippen LogP contribution in [-0.4, -0.2) is 0 Å². The van der Waals surface area contributed by atoms with Crippen LogP contribution in [0.15, 0.2) is 36.6 Å². The molecule has 1 unspecified atom stereocenters. The third kappa shape index (κ3) is 6.53. The Hall–Kier alpha value is -0.980. The van der Waals surface area contributed by atoms with Gasteiger partial charge in [-0.2, -0.15) is 0 Å². The normalized spacial score (nSPS) is 14.6. The molecule has 0 saturated carbocycles. The first kappa shape index (κ1) is 13.0. The third-order valence-corrected chi connectivity index (χ3v) is 2.35. The molecule has 0 aromatic heterocycles. The molecule has 0 saturated heterocycles. The molecule has 80 valence electrons. The van der Waals surface area contributed by atoms with Crippen LogP contribution in [0.25, 0.3) is 0 Å². The van der Waals surface area contributed by atoms with Gasteiger partial charge in [0.15, 0.2) is 0 Å². The lowest BCUT2D eigenvalue weighted by atomic mass is 10.00. The summed E-state index contributed by atoms with van der Waals surface area (Å²) < 4.78 is 0. The van der Waals surface area contributed by atoms with Crippen LogP contribution in [0, 0.1) is 5.92 Å². The largest absolute Gasteiger partial charge is 0.402 e. The van der Waals surface area contributed by atoms with E-state index in [1.807, 2.05) is 18.2 Å². The molecule has 0 aliphatic rings. The van der Waals surface area contributed by atoms with Gasteiger partial charge in [0.05, 0.1) is 0 Å². The van der Waals surface area contributed by atoms with E-state index in [0.29, 0.717) is 5.92 Å². The van der Waals surface area contributed by atoms with Crippen molar-refractivity contribution < 1.29 is 0 Å². The van der Waals surface area contributed by atoms with Crippen LogP contribution >= 0.6 is 0 Å². The van der Waals surface area contributed by atoms with Crippen LogP contribution in [0.1, 0.15) is 39.5 Å². The number of hydrogen-bond acceptors (Lipinski definition) is 1. The maximum atomic E-state index is 5.92. The molecule has 14 heavy (non-hydrogen) atoms. The first-order valence-electron chi connectivity index (χ1n) is 5.47. The van der Waals surface area contributed by atoms with Gasteiger partial charge in [-0.05, 0) is 18.4 Å². The molecular weight excluding hydrogens is 170 g/mol. The maximum Gasteiger partial charge on any atom is 0.0109 e. The van der Waals surface area contributed by atoms with Gasteiger partial charge in [0.2, 0.25) is 0 Å². The molecule has 0 amide bonds. The van der Waals surface area contributed by atoms with Crippen molar-refractivity contribution in [1.29, 1.82) is 0 Å². The molecule has 2 N–H and O–H groups in total. The number of hydrogen-bond donors (Lipinski definition) is 1. The van der Waals surface area contributed by atoms with Crippen LogP contribution in [0.4, 0.5) is 0 Å². The van der Waals surface area contributed by atoms with E-state index >= 15 is 0 Å². The summed E-state index contributed by atoms with van der Waals surface area (Å²) in [7, 11) is 0. The molecule has 0 aromatic carbocycles. The second kappa shape index (κ2) is 8.61. The van der Waals surface area contributed by atoms with Crippen LogP contribution < -0.4 is 5.73 Å². The van der Waals surface area contributed by atoms with Gasteiger partial charge in [-0.15, -0.1) is 0 Å². The van der Waals surface area contributed by atoms with Crippen molar-refractivity contribution in [2.24, 2.45) is 11.7 Å². The smallest absolute Gasteiger partial charge is 0.0109 e. The molecule has 0 spiro atoms. The SMILES string of the molecule is C=C/C=C\C=C(/N)C(C)CCCCC. The topological polar surface area (TPSA) is 26.0 Å². The standard InChI is InChI=1S/C13H23N/c1-4-6-8-10-12(3)13(14)11-9-7-5-2/h5,7,9,11-12H,2,4,6,8,10,14H2,1,3H3/b9-7-,13-11-. The highest BCUT2D eigenvalue weighted by Crippen LogP contribution is 2.14. The van der Waals surface area contributed by atoms with Gasteiger partial charge in [0.1, 0.15) is 0 Å². The Morgan fingerprint density at radius 1 is 1.36 bits per heavy atom. The van der Waals surface area contributed by atoms with E-state index in [2.05, 4.69) is 20.4 Å². The molecule has 0 aliphatic heterocycles. The van der Waals surface area contributed by atoms with Crippen molar-refractivity contribution in [1.82, 2.24) is 0 Å². The predicted molar refractivity (Wildman–Crippen MR) is 64.9 cm³/mol. The minimum atomic E-state index is 0.496. The molecule has 0 aliphatic carbocycles. The molecule has 0 aromatic rings. The summed E-state index contributed by atoms with van der Waals surface area (Å²) >= 11 is 0. The van der Waals surface area contributed by atoms with Crippen LogP contribution in [0.5, 0.6) is 0 Å². The zero-order valence-electron chi connectivity index (χ0n) is 9.50. The lowest BCUT2D eigenvalue weighted by Gasteiger charge is -2.10. The highest BCUT2D eigenvalue weighted by molar-refractivity contribution is 5.14. The molecule has 0 radical (unpaired) electrons. The Bertz CT molecular complexity index is 201. The number of unbranched alkanes of at least 4 members (excludes halogenated alkanes) is 2. The Morgan fingerprint density at radius 2 is 2.07 bits per heavy atom. The Labute approximate surface area is 88.4 Å². The van der Waals surface area contributed by atoms with E-state index in [9.17, 15) is 0 Å². The summed E-state index contributed by atoms with van der Waals surface area (Å²) in [6.45, 7) is 8.01. The van der Waals surface area contributed by atoms with Gasteiger partial charge < -0.3 is 5.73 Å². The van der Waals surface area contributed by atoms with Gasteiger partial charge in [0.25, 0.3) is 0 Å². The van der Waals surface area contributed by atoms with Gasteiger partial charge in [0, 0.05) is 5.70 Å². The molecule has 0 fully saturated rings. The zero-order valence-corrected chi connectivity index (χ0v) is 9.50. The Balaban J connectivity index is 3.84. The molecule has 0 heterocycles. The van der Waals surface area contributed by atoms with Crippen molar-refractivity contribution in [2.75, 3.05) is 0 Å².